The van der Waals surface area contributed by atoms with Crippen LogP contribution in [0, 0.1) is 5.41 Å². The highest BCUT2D eigenvalue weighted by molar-refractivity contribution is 5.90. The molecule has 30 heavy (non-hydrogen) atoms. The van der Waals surface area contributed by atoms with Gasteiger partial charge in [0.2, 0.25) is 5.91 Å². The van der Waals surface area contributed by atoms with Crippen LogP contribution in [0.1, 0.15) is 25.3 Å². The monoisotopic (exact) mass is 411 g/mol. The van der Waals surface area contributed by atoms with Gasteiger partial charge in [-0.25, -0.2) is 4.79 Å². The number of nitrogens with zero attached hydrogens (tertiary/aromatic N) is 1. The van der Waals surface area contributed by atoms with Gasteiger partial charge in [0.15, 0.2) is 0 Å². The van der Waals surface area contributed by atoms with Crippen LogP contribution in [0.25, 0.3) is 0 Å². The van der Waals surface area contributed by atoms with E-state index in [2.05, 4.69) is 10.6 Å². The molecule has 0 bridgehead atoms. The second kappa shape index (κ2) is 9.52. The Hall–Kier alpha value is -3.22. The molecule has 3 amide bonds. The van der Waals surface area contributed by atoms with Crippen molar-refractivity contribution in [3.63, 3.8) is 0 Å². The first-order valence-corrected chi connectivity index (χ1v) is 10.0. The molecule has 1 heterocycles. The third-order valence-electron chi connectivity index (χ3n) is 5.60. The average Bonchev–Trinajstić information content (AvgIpc) is 2.78. The molecule has 2 N–H and O–H groups in total. The molecule has 0 spiro atoms. The van der Waals surface area contributed by atoms with E-state index in [1.54, 1.807) is 37.3 Å². The number of anilines is 1. The van der Waals surface area contributed by atoms with Crippen LogP contribution in [0.15, 0.2) is 48.5 Å². The molecule has 1 fully saturated rings. The number of ether oxygens (including phenoxy) is 2. The van der Waals surface area contributed by atoms with Gasteiger partial charge in [-0.05, 0) is 18.4 Å². The van der Waals surface area contributed by atoms with E-state index in [1.807, 2.05) is 37.3 Å². The molecule has 2 aromatic rings. The Morgan fingerprint density at radius 2 is 1.60 bits per heavy atom. The van der Waals surface area contributed by atoms with Crippen molar-refractivity contribution in [3.8, 4) is 11.5 Å². The van der Waals surface area contributed by atoms with Gasteiger partial charge in [-0.3, -0.25) is 4.79 Å². The van der Waals surface area contributed by atoms with E-state index < -0.39 is 5.41 Å². The van der Waals surface area contributed by atoms with Crippen molar-refractivity contribution in [1.82, 2.24) is 10.2 Å². The fourth-order valence-electron chi connectivity index (χ4n) is 3.50. The zero-order chi connectivity index (χ0) is 21.6. The van der Waals surface area contributed by atoms with Crippen LogP contribution in [0.2, 0.25) is 0 Å². The smallest absolute Gasteiger partial charge is 0.321 e. The molecule has 0 aromatic heterocycles. The molecule has 0 unspecified atom stereocenters. The first kappa shape index (κ1) is 21.5. The molecule has 1 saturated heterocycles. The molecule has 0 radical (unpaired) electrons. The number of hydrogen-bond donors (Lipinski definition) is 2. The van der Waals surface area contributed by atoms with Crippen molar-refractivity contribution in [2.45, 2.75) is 26.3 Å². The first-order chi connectivity index (χ1) is 14.4. The normalized spacial score (nSPS) is 15.2. The Morgan fingerprint density at radius 3 is 2.17 bits per heavy atom. The molecule has 3 rings (SSSR count). The summed E-state index contributed by atoms with van der Waals surface area (Å²) in [5.41, 5.74) is 1.19. The van der Waals surface area contributed by atoms with E-state index in [0.29, 0.717) is 49.7 Å². The van der Waals surface area contributed by atoms with Crippen molar-refractivity contribution in [2.75, 3.05) is 32.6 Å². The predicted octanol–water partition coefficient (Wildman–Crippen LogP) is 3.65. The highest BCUT2D eigenvalue weighted by Gasteiger charge is 2.38. The summed E-state index contributed by atoms with van der Waals surface area (Å²) in [7, 11) is 3.13. The fraction of sp³-hybridized carbons (Fsp3) is 0.391. The molecule has 1 aliphatic rings. The summed E-state index contributed by atoms with van der Waals surface area (Å²) in [5, 5.41) is 5.92. The Labute approximate surface area is 177 Å². The minimum absolute atomic E-state index is 0.0314. The molecule has 7 nitrogen and oxygen atoms in total. The van der Waals surface area contributed by atoms with Crippen molar-refractivity contribution in [1.29, 1.82) is 0 Å². The van der Waals surface area contributed by atoms with Gasteiger partial charge in [0.1, 0.15) is 11.5 Å². The first-order valence-electron chi connectivity index (χ1n) is 10.0. The zero-order valence-corrected chi connectivity index (χ0v) is 17.7. The van der Waals surface area contributed by atoms with Crippen LogP contribution in [-0.4, -0.2) is 44.1 Å². The van der Waals surface area contributed by atoms with Gasteiger partial charge in [-0.1, -0.05) is 37.3 Å². The van der Waals surface area contributed by atoms with E-state index in [1.165, 1.54) is 0 Å². The van der Waals surface area contributed by atoms with Crippen molar-refractivity contribution in [2.24, 2.45) is 5.41 Å². The van der Waals surface area contributed by atoms with E-state index in [4.69, 9.17) is 9.47 Å². The number of carbonyl (C=O) groups is 2. The molecule has 0 saturated carbocycles. The average molecular weight is 412 g/mol. The zero-order valence-electron chi connectivity index (χ0n) is 17.7. The lowest BCUT2D eigenvalue weighted by molar-refractivity contribution is -0.132. The van der Waals surface area contributed by atoms with Crippen LogP contribution in [0.5, 0.6) is 11.5 Å². The maximum absolute atomic E-state index is 12.7. The predicted molar refractivity (Wildman–Crippen MR) is 116 cm³/mol. The highest BCUT2D eigenvalue weighted by Crippen LogP contribution is 2.32. The molecular weight excluding hydrogens is 382 g/mol. The number of urea groups is 1. The number of hydrogen-bond acceptors (Lipinski definition) is 4. The van der Waals surface area contributed by atoms with Gasteiger partial charge >= 0.3 is 6.03 Å². The number of methoxy groups -OCH3 is 2. The second-order valence-corrected chi connectivity index (χ2v) is 7.75. The summed E-state index contributed by atoms with van der Waals surface area (Å²) in [4.78, 5) is 27.2. The number of benzene rings is 2. The Kier molecular flexibility index (Phi) is 6.82. The Morgan fingerprint density at radius 1 is 1.00 bits per heavy atom. The summed E-state index contributed by atoms with van der Waals surface area (Å²) in [6.07, 6.45) is 1.23. The number of piperidine rings is 1. The number of likely N-dealkylation sites (tertiary alicyclic amines) is 1. The van der Waals surface area contributed by atoms with Crippen LogP contribution in [-0.2, 0) is 11.3 Å². The van der Waals surface area contributed by atoms with Gasteiger partial charge < -0.3 is 25.0 Å². The van der Waals surface area contributed by atoms with Crippen LogP contribution in [0.3, 0.4) is 0 Å². The maximum Gasteiger partial charge on any atom is 0.321 e. The van der Waals surface area contributed by atoms with Crippen molar-refractivity contribution < 1.29 is 19.1 Å². The van der Waals surface area contributed by atoms with Crippen LogP contribution >= 0.6 is 0 Å². The van der Waals surface area contributed by atoms with Gasteiger partial charge in [-0.2, -0.15) is 0 Å². The van der Waals surface area contributed by atoms with Crippen molar-refractivity contribution in [3.05, 3.63) is 54.1 Å². The SMILES string of the molecule is COc1cc(NC(=O)N2CCC(C)(C(=O)NCc3ccccc3)CC2)cc(OC)c1. The molecule has 160 valence electrons. The van der Waals surface area contributed by atoms with E-state index in [9.17, 15) is 9.59 Å². The summed E-state index contributed by atoms with van der Waals surface area (Å²) in [6, 6.07) is 14.9. The standard InChI is InChI=1S/C23H29N3O4/c1-23(21(27)24-16-17-7-5-4-6-8-17)9-11-26(12-10-23)22(28)25-18-13-19(29-2)15-20(14-18)30-3/h4-8,13-15H,9-12,16H2,1-3H3,(H,24,27)(H,25,28). The lowest BCUT2D eigenvalue weighted by atomic mass is 9.79. The number of carbonyl (C=O) groups excluding carboxylic acids is 2. The molecule has 7 heteroatoms. The molecule has 0 atom stereocenters. The highest BCUT2D eigenvalue weighted by atomic mass is 16.5. The van der Waals surface area contributed by atoms with Gasteiger partial charge in [0, 0.05) is 48.9 Å². The molecule has 2 aromatic carbocycles. The van der Waals surface area contributed by atoms with Crippen LogP contribution < -0.4 is 20.1 Å². The molecule has 0 aliphatic carbocycles. The molecular formula is C23H29N3O4. The van der Waals surface area contributed by atoms with Gasteiger partial charge in [0.05, 0.1) is 14.2 Å². The Bertz CT molecular complexity index is 855. The summed E-state index contributed by atoms with van der Waals surface area (Å²) < 4.78 is 10.5. The number of nitrogens with one attached hydrogen (secondary N) is 2. The second-order valence-electron chi connectivity index (χ2n) is 7.75. The van der Waals surface area contributed by atoms with Crippen molar-refractivity contribution >= 4 is 17.6 Å². The lowest BCUT2D eigenvalue weighted by Crippen LogP contribution is -2.49. The van der Waals surface area contributed by atoms with E-state index >= 15 is 0 Å². The number of amides is 3. The minimum atomic E-state index is -0.481. The van der Waals surface area contributed by atoms with Gasteiger partial charge in [0.25, 0.3) is 0 Å². The lowest BCUT2D eigenvalue weighted by Gasteiger charge is -2.38. The third-order valence-corrected chi connectivity index (χ3v) is 5.60. The Balaban J connectivity index is 1.54. The summed E-state index contributed by atoms with van der Waals surface area (Å²) in [5.74, 6) is 1.24. The minimum Gasteiger partial charge on any atom is -0.497 e. The van der Waals surface area contributed by atoms with Crippen LogP contribution in [0.4, 0.5) is 10.5 Å². The largest absolute Gasteiger partial charge is 0.497 e. The summed E-state index contributed by atoms with van der Waals surface area (Å²) >= 11 is 0. The van der Waals surface area contributed by atoms with E-state index in [-0.39, 0.29) is 11.9 Å². The molecule has 1 aliphatic heterocycles. The van der Waals surface area contributed by atoms with Gasteiger partial charge in [-0.15, -0.1) is 0 Å². The quantitative estimate of drug-likeness (QED) is 0.760. The number of rotatable bonds is 6. The summed E-state index contributed by atoms with van der Waals surface area (Å²) in [6.45, 7) is 3.51. The van der Waals surface area contributed by atoms with E-state index in [0.717, 1.165) is 5.56 Å². The third kappa shape index (κ3) is 5.23. The topological polar surface area (TPSA) is 79.9 Å². The fourth-order valence-corrected chi connectivity index (χ4v) is 3.50. The maximum atomic E-state index is 12.7.